The number of carbonyl (C=O) groups excluding carboxylic acids is 1. The van der Waals surface area contributed by atoms with E-state index in [0.717, 1.165) is 0 Å². The van der Waals surface area contributed by atoms with Crippen molar-refractivity contribution < 1.29 is 33.3 Å². The maximum Gasteiger partial charge on any atom is 0.339 e. The van der Waals surface area contributed by atoms with E-state index < -0.39 is 11.9 Å². The molecule has 1 amide bonds. The number of nitrogens with one attached hydrogen (secondary N) is 1. The minimum Gasteiger partial charge on any atom is -0.493 e. The summed E-state index contributed by atoms with van der Waals surface area (Å²) >= 11 is 0. The van der Waals surface area contributed by atoms with Crippen molar-refractivity contribution in [3.05, 3.63) is 40.8 Å². The molecule has 0 atom stereocenters. The number of carboxylic acids is 1. The fourth-order valence-corrected chi connectivity index (χ4v) is 2.39. The molecular formula is C17H19NO7. The number of rotatable bonds is 7. The molecule has 1 aromatic heterocycles. The van der Waals surface area contributed by atoms with Crippen molar-refractivity contribution in [2.75, 3.05) is 21.3 Å². The van der Waals surface area contributed by atoms with Crippen LogP contribution < -0.4 is 19.5 Å². The standard InChI is InChI=1S/C17H19NO7/c1-9-12(17(20)21)7-10(25-9)8-18-16(19)11-5-6-13(22-2)15(24-4)14(11)23-3/h5-7H,8H2,1-4H3,(H,18,19)(H,20,21). The minimum absolute atomic E-state index is 0.0322. The van der Waals surface area contributed by atoms with Gasteiger partial charge in [-0.3, -0.25) is 4.79 Å². The van der Waals surface area contributed by atoms with Crippen molar-refractivity contribution in [2.24, 2.45) is 0 Å². The van der Waals surface area contributed by atoms with Crippen LogP contribution in [0.15, 0.2) is 22.6 Å². The van der Waals surface area contributed by atoms with E-state index in [0.29, 0.717) is 17.3 Å². The van der Waals surface area contributed by atoms with Gasteiger partial charge in [0.25, 0.3) is 5.91 Å². The SMILES string of the molecule is COc1ccc(C(=O)NCc2cc(C(=O)O)c(C)o2)c(OC)c1OC. The lowest BCUT2D eigenvalue weighted by atomic mass is 10.1. The van der Waals surface area contributed by atoms with Gasteiger partial charge in [0.1, 0.15) is 17.1 Å². The molecule has 0 fully saturated rings. The first-order valence-corrected chi connectivity index (χ1v) is 7.32. The lowest BCUT2D eigenvalue weighted by Crippen LogP contribution is -2.23. The van der Waals surface area contributed by atoms with Gasteiger partial charge in [0.15, 0.2) is 11.5 Å². The van der Waals surface area contributed by atoms with Crippen LogP contribution in [0.25, 0.3) is 0 Å². The molecule has 0 aliphatic rings. The summed E-state index contributed by atoms with van der Waals surface area (Å²) < 4.78 is 21.0. The van der Waals surface area contributed by atoms with Gasteiger partial charge < -0.3 is 29.1 Å². The van der Waals surface area contributed by atoms with Crippen molar-refractivity contribution in [1.29, 1.82) is 0 Å². The smallest absolute Gasteiger partial charge is 0.339 e. The molecule has 2 N–H and O–H groups in total. The van der Waals surface area contributed by atoms with Crippen molar-refractivity contribution in [3.63, 3.8) is 0 Å². The van der Waals surface area contributed by atoms with E-state index in [-0.39, 0.29) is 29.2 Å². The monoisotopic (exact) mass is 349 g/mol. The van der Waals surface area contributed by atoms with E-state index in [9.17, 15) is 9.59 Å². The first kappa shape index (κ1) is 18.2. The molecule has 0 bridgehead atoms. The van der Waals surface area contributed by atoms with Crippen LogP contribution in [0, 0.1) is 6.92 Å². The molecule has 2 aromatic rings. The molecule has 8 heteroatoms. The van der Waals surface area contributed by atoms with Gasteiger partial charge in [-0.1, -0.05) is 0 Å². The lowest BCUT2D eigenvalue weighted by molar-refractivity contribution is 0.0694. The molecular weight excluding hydrogens is 330 g/mol. The number of carboxylic acid groups (broad SMARTS) is 1. The summed E-state index contributed by atoms with van der Waals surface area (Å²) in [7, 11) is 4.35. The third-order valence-corrected chi connectivity index (χ3v) is 3.57. The summed E-state index contributed by atoms with van der Waals surface area (Å²) in [6.07, 6.45) is 0. The molecule has 0 spiro atoms. The largest absolute Gasteiger partial charge is 0.493 e. The van der Waals surface area contributed by atoms with Crippen LogP contribution in [0.4, 0.5) is 0 Å². The summed E-state index contributed by atoms with van der Waals surface area (Å²) in [5.74, 6) is 0.0803. The summed E-state index contributed by atoms with van der Waals surface area (Å²) in [5.41, 5.74) is 0.315. The Bertz CT molecular complexity index is 795. The van der Waals surface area contributed by atoms with Crippen LogP contribution in [0.5, 0.6) is 17.2 Å². The zero-order valence-electron chi connectivity index (χ0n) is 14.3. The number of carbonyl (C=O) groups is 2. The highest BCUT2D eigenvalue weighted by atomic mass is 16.5. The Balaban J connectivity index is 2.21. The van der Waals surface area contributed by atoms with Gasteiger partial charge in [0, 0.05) is 0 Å². The lowest BCUT2D eigenvalue weighted by Gasteiger charge is -2.15. The summed E-state index contributed by atoms with van der Waals surface area (Å²) in [5, 5.41) is 11.7. The van der Waals surface area contributed by atoms with Crippen molar-refractivity contribution >= 4 is 11.9 Å². The van der Waals surface area contributed by atoms with Crippen LogP contribution in [-0.4, -0.2) is 38.3 Å². The number of hydrogen-bond donors (Lipinski definition) is 2. The Morgan fingerprint density at radius 2 is 1.76 bits per heavy atom. The van der Waals surface area contributed by atoms with E-state index >= 15 is 0 Å². The Kier molecular flexibility index (Phi) is 5.53. The predicted molar refractivity (Wildman–Crippen MR) is 87.7 cm³/mol. The number of aromatic carboxylic acids is 1. The number of hydrogen-bond acceptors (Lipinski definition) is 6. The van der Waals surface area contributed by atoms with Gasteiger partial charge in [-0.15, -0.1) is 0 Å². The molecule has 0 saturated heterocycles. The molecule has 1 heterocycles. The Morgan fingerprint density at radius 3 is 2.28 bits per heavy atom. The number of furan rings is 1. The van der Waals surface area contributed by atoms with E-state index in [1.54, 1.807) is 19.1 Å². The normalized spacial score (nSPS) is 10.2. The van der Waals surface area contributed by atoms with Crippen LogP contribution >= 0.6 is 0 Å². The molecule has 0 radical (unpaired) electrons. The van der Waals surface area contributed by atoms with E-state index in [1.165, 1.54) is 27.4 Å². The average molecular weight is 349 g/mol. The first-order chi connectivity index (χ1) is 11.9. The zero-order chi connectivity index (χ0) is 18.6. The molecule has 25 heavy (non-hydrogen) atoms. The third kappa shape index (κ3) is 3.68. The van der Waals surface area contributed by atoms with Gasteiger partial charge in [0.05, 0.1) is 33.4 Å². The number of amides is 1. The quantitative estimate of drug-likeness (QED) is 0.789. The maximum absolute atomic E-state index is 12.4. The predicted octanol–water partition coefficient (Wildman–Crippen LogP) is 2.24. The zero-order valence-corrected chi connectivity index (χ0v) is 14.3. The van der Waals surface area contributed by atoms with E-state index in [2.05, 4.69) is 5.32 Å². The Labute approximate surface area is 144 Å². The van der Waals surface area contributed by atoms with Crippen LogP contribution in [0.2, 0.25) is 0 Å². The highest BCUT2D eigenvalue weighted by Gasteiger charge is 2.21. The number of ether oxygens (including phenoxy) is 3. The third-order valence-electron chi connectivity index (χ3n) is 3.57. The summed E-state index contributed by atoms with van der Waals surface area (Å²) in [4.78, 5) is 23.5. The molecule has 1 aromatic carbocycles. The van der Waals surface area contributed by atoms with Gasteiger partial charge >= 0.3 is 5.97 Å². The van der Waals surface area contributed by atoms with Crippen LogP contribution in [-0.2, 0) is 6.54 Å². The van der Waals surface area contributed by atoms with Gasteiger partial charge in [0.2, 0.25) is 5.75 Å². The van der Waals surface area contributed by atoms with E-state index in [4.69, 9.17) is 23.7 Å². The fourth-order valence-electron chi connectivity index (χ4n) is 2.39. The highest BCUT2D eigenvalue weighted by molar-refractivity contribution is 5.98. The minimum atomic E-state index is -1.08. The topological polar surface area (TPSA) is 107 Å². The molecule has 0 aliphatic heterocycles. The second-order valence-electron chi connectivity index (χ2n) is 5.05. The van der Waals surface area contributed by atoms with Gasteiger partial charge in [-0.25, -0.2) is 4.79 Å². The average Bonchev–Trinajstić information content (AvgIpc) is 2.99. The summed E-state index contributed by atoms with van der Waals surface area (Å²) in [6, 6.07) is 4.52. The van der Waals surface area contributed by atoms with Crippen molar-refractivity contribution in [3.8, 4) is 17.2 Å². The molecule has 0 aliphatic carbocycles. The Hall–Kier alpha value is -3.16. The number of methoxy groups -OCH3 is 3. The second kappa shape index (κ2) is 7.61. The van der Waals surface area contributed by atoms with Crippen LogP contribution in [0.3, 0.4) is 0 Å². The fraction of sp³-hybridized carbons (Fsp3) is 0.294. The number of benzene rings is 1. The second-order valence-corrected chi connectivity index (χ2v) is 5.05. The number of aryl methyl sites for hydroxylation is 1. The molecule has 0 saturated carbocycles. The Morgan fingerprint density at radius 1 is 1.08 bits per heavy atom. The first-order valence-electron chi connectivity index (χ1n) is 7.32. The van der Waals surface area contributed by atoms with Gasteiger partial charge in [-0.05, 0) is 25.1 Å². The summed E-state index contributed by atoms with van der Waals surface area (Å²) in [6.45, 7) is 1.58. The van der Waals surface area contributed by atoms with Crippen molar-refractivity contribution in [1.82, 2.24) is 5.32 Å². The van der Waals surface area contributed by atoms with E-state index in [1.807, 2.05) is 0 Å². The highest BCUT2D eigenvalue weighted by Crippen LogP contribution is 2.39. The molecule has 8 nitrogen and oxygen atoms in total. The molecule has 0 unspecified atom stereocenters. The van der Waals surface area contributed by atoms with Crippen molar-refractivity contribution in [2.45, 2.75) is 13.5 Å². The van der Waals surface area contributed by atoms with Crippen LogP contribution in [0.1, 0.15) is 32.2 Å². The maximum atomic E-state index is 12.4. The van der Waals surface area contributed by atoms with Gasteiger partial charge in [-0.2, -0.15) is 0 Å². The molecule has 134 valence electrons. The molecule has 2 rings (SSSR count).